The molecular formula is C20H21ClN2O3. The minimum atomic E-state index is -0.336. The third kappa shape index (κ3) is 5.98. The molecule has 0 saturated heterocycles. The number of halogens is 1. The second-order valence-corrected chi connectivity index (χ2v) is 6.27. The summed E-state index contributed by atoms with van der Waals surface area (Å²) in [5.74, 6) is 1.12. The number of carbonyl (C=O) groups is 1. The van der Waals surface area contributed by atoms with Crippen LogP contribution in [-0.2, 0) is 11.3 Å². The smallest absolute Gasteiger partial charge is 0.234 e. The quantitative estimate of drug-likeness (QED) is 0.712. The van der Waals surface area contributed by atoms with Crippen LogP contribution in [-0.4, -0.2) is 19.1 Å². The highest BCUT2D eigenvalue weighted by molar-refractivity contribution is 6.30. The van der Waals surface area contributed by atoms with Crippen molar-refractivity contribution in [3.05, 3.63) is 58.1 Å². The molecule has 26 heavy (non-hydrogen) atoms. The molecule has 0 bridgehead atoms. The normalized spacial score (nSPS) is 10.1. The van der Waals surface area contributed by atoms with E-state index in [4.69, 9.17) is 26.3 Å². The van der Waals surface area contributed by atoms with Gasteiger partial charge in [-0.2, -0.15) is 5.26 Å². The second kappa shape index (κ2) is 9.69. The van der Waals surface area contributed by atoms with Gasteiger partial charge in [0.2, 0.25) is 5.91 Å². The van der Waals surface area contributed by atoms with Crippen molar-refractivity contribution in [2.45, 2.75) is 26.8 Å². The van der Waals surface area contributed by atoms with Crippen LogP contribution in [0.5, 0.6) is 11.5 Å². The summed E-state index contributed by atoms with van der Waals surface area (Å²) >= 11 is 6.02. The SMILES string of the molecule is Cc1ccc(OCCOc2ccc(Cl)cc2CNC(=O)CC#N)c(C)c1. The zero-order chi connectivity index (χ0) is 18.9. The Bertz CT molecular complexity index is 815. The number of rotatable bonds is 8. The minimum Gasteiger partial charge on any atom is -0.490 e. The van der Waals surface area contributed by atoms with Gasteiger partial charge in [0.25, 0.3) is 0 Å². The molecule has 1 N–H and O–H groups in total. The molecule has 2 aromatic rings. The number of hydrogen-bond donors (Lipinski definition) is 1. The number of ether oxygens (including phenoxy) is 2. The molecule has 0 aromatic heterocycles. The molecule has 0 aliphatic rings. The first-order chi connectivity index (χ1) is 12.5. The average molecular weight is 373 g/mol. The van der Waals surface area contributed by atoms with E-state index < -0.39 is 0 Å². The summed E-state index contributed by atoms with van der Waals surface area (Å²) in [6.07, 6.45) is -0.180. The predicted octanol–water partition coefficient (Wildman–Crippen LogP) is 3.94. The lowest BCUT2D eigenvalue weighted by atomic mass is 10.1. The molecule has 136 valence electrons. The maximum atomic E-state index is 11.5. The van der Waals surface area contributed by atoms with E-state index in [0.29, 0.717) is 24.0 Å². The summed E-state index contributed by atoms with van der Waals surface area (Å²) in [7, 11) is 0. The Morgan fingerprint density at radius 2 is 1.81 bits per heavy atom. The summed E-state index contributed by atoms with van der Waals surface area (Å²) in [6, 6.07) is 13.0. The van der Waals surface area contributed by atoms with Gasteiger partial charge < -0.3 is 14.8 Å². The third-order valence-electron chi connectivity index (χ3n) is 3.67. The summed E-state index contributed by atoms with van der Waals surface area (Å²) < 4.78 is 11.5. The van der Waals surface area contributed by atoms with Crippen molar-refractivity contribution in [1.82, 2.24) is 5.32 Å². The topological polar surface area (TPSA) is 71.3 Å². The van der Waals surface area contributed by atoms with Gasteiger partial charge in [-0.3, -0.25) is 4.79 Å². The summed E-state index contributed by atoms with van der Waals surface area (Å²) in [4.78, 5) is 11.5. The average Bonchev–Trinajstić information content (AvgIpc) is 2.60. The first-order valence-electron chi connectivity index (χ1n) is 8.24. The molecule has 2 rings (SSSR count). The Morgan fingerprint density at radius 1 is 1.12 bits per heavy atom. The van der Waals surface area contributed by atoms with Crippen LogP contribution in [0.3, 0.4) is 0 Å². The second-order valence-electron chi connectivity index (χ2n) is 5.83. The Hall–Kier alpha value is -2.71. The largest absolute Gasteiger partial charge is 0.490 e. The molecular weight excluding hydrogens is 352 g/mol. The molecule has 0 saturated carbocycles. The van der Waals surface area contributed by atoms with Gasteiger partial charge in [0, 0.05) is 17.1 Å². The van der Waals surface area contributed by atoms with Crippen molar-refractivity contribution >= 4 is 17.5 Å². The van der Waals surface area contributed by atoms with Gasteiger partial charge in [-0.05, 0) is 43.7 Å². The van der Waals surface area contributed by atoms with Gasteiger partial charge >= 0.3 is 0 Å². The van der Waals surface area contributed by atoms with E-state index >= 15 is 0 Å². The fourth-order valence-corrected chi connectivity index (χ4v) is 2.61. The van der Waals surface area contributed by atoms with Crippen LogP contribution in [0.4, 0.5) is 0 Å². The Kier molecular flexibility index (Phi) is 7.31. The molecule has 2 aromatic carbocycles. The fraction of sp³-hybridized carbons (Fsp3) is 0.300. The van der Waals surface area contributed by atoms with E-state index in [-0.39, 0.29) is 18.9 Å². The van der Waals surface area contributed by atoms with Crippen LogP contribution in [0, 0.1) is 25.2 Å². The van der Waals surface area contributed by atoms with Crippen LogP contribution in [0.15, 0.2) is 36.4 Å². The monoisotopic (exact) mass is 372 g/mol. The lowest BCUT2D eigenvalue weighted by molar-refractivity contribution is -0.120. The van der Waals surface area contributed by atoms with Gasteiger partial charge in [0.15, 0.2) is 0 Å². The molecule has 0 aliphatic heterocycles. The van der Waals surface area contributed by atoms with E-state index in [0.717, 1.165) is 16.9 Å². The van der Waals surface area contributed by atoms with Crippen molar-refractivity contribution in [1.29, 1.82) is 5.26 Å². The number of benzene rings is 2. The molecule has 0 atom stereocenters. The van der Waals surface area contributed by atoms with E-state index in [9.17, 15) is 4.79 Å². The fourth-order valence-electron chi connectivity index (χ4n) is 2.42. The highest BCUT2D eigenvalue weighted by atomic mass is 35.5. The van der Waals surface area contributed by atoms with E-state index in [1.165, 1.54) is 5.56 Å². The number of aryl methyl sites for hydroxylation is 2. The zero-order valence-electron chi connectivity index (χ0n) is 14.8. The number of nitrogens with zero attached hydrogens (tertiary/aromatic N) is 1. The highest BCUT2D eigenvalue weighted by Gasteiger charge is 2.08. The van der Waals surface area contributed by atoms with Gasteiger partial charge in [-0.15, -0.1) is 0 Å². The van der Waals surface area contributed by atoms with Gasteiger partial charge in [-0.1, -0.05) is 29.3 Å². The molecule has 0 radical (unpaired) electrons. The van der Waals surface area contributed by atoms with Crippen molar-refractivity contribution < 1.29 is 14.3 Å². The lowest BCUT2D eigenvalue weighted by Crippen LogP contribution is -2.22. The van der Waals surface area contributed by atoms with Crippen molar-refractivity contribution in [3.63, 3.8) is 0 Å². The Morgan fingerprint density at radius 3 is 2.50 bits per heavy atom. The number of nitrogens with one attached hydrogen (secondary N) is 1. The molecule has 6 heteroatoms. The number of hydrogen-bond acceptors (Lipinski definition) is 4. The van der Waals surface area contributed by atoms with E-state index in [2.05, 4.69) is 11.4 Å². The maximum absolute atomic E-state index is 11.5. The van der Waals surface area contributed by atoms with E-state index in [1.54, 1.807) is 18.2 Å². The first kappa shape index (κ1) is 19.6. The lowest BCUT2D eigenvalue weighted by Gasteiger charge is -2.14. The third-order valence-corrected chi connectivity index (χ3v) is 3.90. The van der Waals surface area contributed by atoms with Gasteiger partial charge in [0.1, 0.15) is 31.1 Å². The van der Waals surface area contributed by atoms with Crippen molar-refractivity contribution in [3.8, 4) is 17.6 Å². The van der Waals surface area contributed by atoms with Crippen molar-refractivity contribution in [2.24, 2.45) is 0 Å². The Balaban J connectivity index is 1.90. The molecule has 1 amide bonds. The maximum Gasteiger partial charge on any atom is 0.234 e. The minimum absolute atomic E-state index is 0.180. The number of carbonyl (C=O) groups excluding carboxylic acids is 1. The first-order valence-corrected chi connectivity index (χ1v) is 8.62. The molecule has 0 fully saturated rings. The molecule has 5 nitrogen and oxygen atoms in total. The summed E-state index contributed by atoms with van der Waals surface area (Å²) in [5, 5.41) is 11.7. The standard InChI is InChI=1S/C20H21ClN2O3/c1-14-3-5-18(15(2)11-14)25-9-10-26-19-6-4-17(21)12-16(19)13-23-20(24)7-8-22/h3-6,11-12H,7,9-10,13H2,1-2H3,(H,23,24). The van der Waals surface area contributed by atoms with Gasteiger partial charge in [-0.25, -0.2) is 0 Å². The van der Waals surface area contributed by atoms with Gasteiger partial charge in [0.05, 0.1) is 6.07 Å². The van der Waals surface area contributed by atoms with Crippen LogP contribution >= 0.6 is 11.6 Å². The van der Waals surface area contributed by atoms with Crippen LogP contribution in [0.25, 0.3) is 0 Å². The van der Waals surface area contributed by atoms with E-state index in [1.807, 2.05) is 32.0 Å². The molecule has 0 unspecified atom stereocenters. The molecule has 0 aliphatic carbocycles. The van der Waals surface area contributed by atoms with Crippen molar-refractivity contribution in [2.75, 3.05) is 13.2 Å². The van der Waals surface area contributed by atoms with Crippen LogP contribution < -0.4 is 14.8 Å². The van der Waals surface area contributed by atoms with Crippen LogP contribution in [0.1, 0.15) is 23.1 Å². The predicted molar refractivity (Wildman–Crippen MR) is 100 cm³/mol. The summed E-state index contributed by atoms with van der Waals surface area (Å²) in [5.41, 5.74) is 3.02. The summed E-state index contributed by atoms with van der Waals surface area (Å²) in [6.45, 7) is 5.04. The molecule has 0 heterocycles. The number of nitriles is 1. The molecule has 0 spiro atoms. The Labute approximate surface area is 158 Å². The highest BCUT2D eigenvalue weighted by Crippen LogP contribution is 2.23. The zero-order valence-corrected chi connectivity index (χ0v) is 15.6. The number of amides is 1. The van der Waals surface area contributed by atoms with Crippen LogP contribution in [0.2, 0.25) is 5.02 Å².